The number of amides is 1. The second-order valence-electron chi connectivity index (χ2n) is 6.07. The topological polar surface area (TPSA) is 66.8 Å². The first-order chi connectivity index (χ1) is 11.2. The number of nitrogens with one attached hydrogen (secondary N) is 1. The van der Waals surface area contributed by atoms with Gasteiger partial charge in [0.05, 0.1) is 11.0 Å². The number of likely N-dealkylation sites (tertiary alicyclic amines) is 1. The number of hydrogen-bond acceptors (Lipinski definition) is 3. The minimum Gasteiger partial charge on any atom is -0.342 e. The van der Waals surface area contributed by atoms with E-state index in [1.165, 1.54) is 0 Å². The Labute approximate surface area is 134 Å². The SMILES string of the molecule is Cn1nccc1C(=O)N1CCC[C@@H](c2nc3ccccc3[nH]2)C1. The summed E-state index contributed by atoms with van der Waals surface area (Å²) >= 11 is 0. The van der Waals surface area contributed by atoms with Gasteiger partial charge in [0.15, 0.2) is 0 Å². The van der Waals surface area contributed by atoms with E-state index in [9.17, 15) is 4.79 Å². The van der Waals surface area contributed by atoms with E-state index in [4.69, 9.17) is 4.98 Å². The van der Waals surface area contributed by atoms with Crippen LogP contribution in [0.5, 0.6) is 0 Å². The summed E-state index contributed by atoms with van der Waals surface area (Å²) in [6.07, 6.45) is 3.70. The summed E-state index contributed by atoms with van der Waals surface area (Å²) in [7, 11) is 1.80. The van der Waals surface area contributed by atoms with Crippen molar-refractivity contribution >= 4 is 16.9 Å². The van der Waals surface area contributed by atoms with E-state index in [1.807, 2.05) is 29.2 Å². The Kier molecular flexibility index (Phi) is 3.37. The molecule has 1 aliphatic heterocycles. The van der Waals surface area contributed by atoms with Gasteiger partial charge in [-0.1, -0.05) is 12.1 Å². The number of piperidine rings is 1. The molecule has 3 aromatic rings. The molecule has 1 aromatic carbocycles. The van der Waals surface area contributed by atoms with Gasteiger partial charge in [0.25, 0.3) is 5.91 Å². The molecule has 0 aliphatic carbocycles. The lowest BCUT2D eigenvalue weighted by Gasteiger charge is -2.31. The summed E-state index contributed by atoms with van der Waals surface area (Å²) < 4.78 is 1.63. The zero-order chi connectivity index (χ0) is 15.8. The number of rotatable bonds is 2. The molecule has 0 spiro atoms. The Balaban J connectivity index is 1.57. The average molecular weight is 309 g/mol. The number of carbonyl (C=O) groups is 1. The van der Waals surface area contributed by atoms with Crippen molar-refractivity contribution in [3.63, 3.8) is 0 Å². The Morgan fingerprint density at radius 1 is 1.30 bits per heavy atom. The van der Waals surface area contributed by atoms with Crippen LogP contribution >= 0.6 is 0 Å². The highest BCUT2D eigenvalue weighted by Gasteiger charge is 2.28. The first-order valence-corrected chi connectivity index (χ1v) is 7.94. The summed E-state index contributed by atoms with van der Waals surface area (Å²) in [5.74, 6) is 1.29. The van der Waals surface area contributed by atoms with Gasteiger partial charge in [-0.2, -0.15) is 5.10 Å². The van der Waals surface area contributed by atoms with Crippen LogP contribution in [0.15, 0.2) is 36.5 Å². The quantitative estimate of drug-likeness (QED) is 0.790. The zero-order valence-corrected chi connectivity index (χ0v) is 13.1. The first-order valence-electron chi connectivity index (χ1n) is 7.94. The summed E-state index contributed by atoms with van der Waals surface area (Å²) in [6.45, 7) is 1.49. The monoisotopic (exact) mass is 309 g/mol. The van der Waals surface area contributed by atoms with Crippen molar-refractivity contribution in [2.45, 2.75) is 18.8 Å². The van der Waals surface area contributed by atoms with Crippen LogP contribution in [0.3, 0.4) is 0 Å². The van der Waals surface area contributed by atoms with E-state index in [1.54, 1.807) is 24.0 Å². The molecule has 3 heterocycles. The molecule has 0 saturated carbocycles. The third-order valence-corrected chi connectivity index (χ3v) is 4.54. The van der Waals surface area contributed by atoms with Gasteiger partial charge in [0.2, 0.25) is 0 Å². The van der Waals surface area contributed by atoms with Crippen LogP contribution in [-0.2, 0) is 7.05 Å². The van der Waals surface area contributed by atoms with Crippen molar-refractivity contribution in [1.29, 1.82) is 0 Å². The minimum atomic E-state index is 0.0470. The number of aromatic amines is 1. The predicted molar refractivity (Wildman–Crippen MR) is 87.2 cm³/mol. The van der Waals surface area contributed by atoms with Crippen LogP contribution in [0.4, 0.5) is 0 Å². The highest BCUT2D eigenvalue weighted by Crippen LogP contribution is 2.27. The third-order valence-electron chi connectivity index (χ3n) is 4.54. The molecule has 118 valence electrons. The highest BCUT2D eigenvalue weighted by atomic mass is 16.2. The summed E-state index contributed by atoms with van der Waals surface area (Å²) in [5, 5.41) is 4.09. The van der Waals surface area contributed by atoms with Crippen LogP contribution in [-0.4, -0.2) is 43.6 Å². The normalized spacial score (nSPS) is 18.5. The number of aryl methyl sites for hydroxylation is 1. The van der Waals surface area contributed by atoms with E-state index in [0.29, 0.717) is 12.2 Å². The molecule has 1 saturated heterocycles. The lowest BCUT2D eigenvalue weighted by atomic mass is 9.97. The van der Waals surface area contributed by atoms with Gasteiger partial charge in [0.1, 0.15) is 11.5 Å². The fourth-order valence-electron chi connectivity index (χ4n) is 3.30. The molecule has 1 amide bonds. The Morgan fingerprint density at radius 3 is 2.96 bits per heavy atom. The fraction of sp³-hybridized carbons (Fsp3) is 0.353. The van der Waals surface area contributed by atoms with E-state index in [2.05, 4.69) is 10.1 Å². The molecule has 23 heavy (non-hydrogen) atoms. The number of imidazole rings is 1. The number of hydrogen-bond donors (Lipinski definition) is 1. The van der Waals surface area contributed by atoms with Crippen molar-refractivity contribution in [3.05, 3.63) is 48.0 Å². The Bertz CT molecular complexity index is 816. The van der Waals surface area contributed by atoms with Crippen LogP contribution in [0.2, 0.25) is 0 Å². The molecule has 0 radical (unpaired) electrons. The van der Waals surface area contributed by atoms with E-state index < -0.39 is 0 Å². The number of H-pyrrole nitrogens is 1. The maximum absolute atomic E-state index is 12.7. The number of aromatic nitrogens is 4. The van der Waals surface area contributed by atoms with Gasteiger partial charge >= 0.3 is 0 Å². The van der Waals surface area contributed by atoms with E-state index in [-0.39, 0.29) is 11.8 Å². The maximum Gasteiger partial charge on any atom is 0.272 e. The van der Waals surface area contributed by atoms with Gasteiger partial charge in [-0.25, -0.2) is 4.98 Å². The van der Waals surface area contributed by atoms with Crippen molar-refractivity contribution in [1.82, 2.24) is 24.6 Å². The predicted octanol–water partition coefficient (Wildman–Crippen LogP) is 2.32. The number of para-hydroxylation sites is 2. The molecule has 1 fully saturated rings. The summed E-state index contributed by atoms with van der Waals surface area (Å²) in [5.41, 5.74) is 2.67. The smallest absolute Gasteiger partial charge is 0.272 e. The zero-order valence-electron chi connectivity index (χ0n) is 13.1. The molecular weight excluding hydrogens is 290 g/mol. The second-order valence-corrected chi connectivity index (χ2v) is 6.07. The van der Waals surface area contributed by atoms with Crippen molar-refractivity contribution < 1.29 is 4.79 Å². The molecule has 1 N–H and O–H groups in total. The number of fused-ring (bicyclic) bond motifs is 1. The van der Waals surface area contributed by atoms with Gasteiger partial charge < -0.3 is 9.88 Å². The lowest BCUT2D eigenvalue weighted by Crippen LogP contribution is -2.40. The molecule has 1 atom stereocenters. The molecule has 4 rings (SSSR count). The fourth-order valence-corrected chi connectivity index (χ4v) is 3.30. The van der Waals surface area contributed by atoms with Gasteiger partial charge in [-0.15, -0.1) is 0 Å². The first kappa shape index (κ1) is 14.0. The molecule has 2 aromatic heterocycles. The second kappa shape index (κ2) is 5.53. The molecular formula is C17H19N5O. The van der Waals surface area contributed by atoms with Crippen LogP contribution in [0.25, 0.3) is 11.0 Å². The average Bonchev–Trinajstić information content (AvgIpc) is 3.20. The summed E-state index contributed by atoms with van der Waals surface area (Å²) in [6, 6.07) is 9.81. The van der Waals surface area contributed by atoms with Crippen LogP contribution < -0.4 is 0 Å². The largest absolute Gasteiger partial charge is 0.342 e. The minimum absolute atomic E-state index is 0.0470. The van der Waals surface area contributed by atoms with Gasteiger partial charge in [0, 0.05) is 32.3 Å². The number of nitrogens with zero attached hydrogens (tertiary/aromatic N) is 4. The highest BCUT2D eigenvalue weighted by molar-refractivity contribution is 5.92. The molecule has 6 nitrogen and oxygen atoms in total. The molecule has 0 bridgehead atoms. The van der Waals surface area contributed by atoms with Crippen molar-refractivity contribution in [3.8, 4) is 0 Å². The Hall–Kier alpha value is -2.63. The van der Waals surface area contributed by atoms with Crippen LogP contribution in [0.1, 0.15) is 35.1 Å². The van der Waals surface area contributed by atoms with Crippen molar-refractivity contribution in [2.24, 2.45) is 7.05 Å². The van der Waals surface area contributed by atoms with Gasteiger partial charge in [-0.3, -0.25) is 9.48 Å². The molecule has 0 unspecified atom stereocenters. The van der Waals surface area contributed by atoms with Gasteiger partial charge in [-0.05, 0) is 31.0 Å². The standard InChI is InChI=1S/C17H19N5O/c1-21-15(8-9-18-21)17(23)22-10-4-5-12(11-22)16-19-13-6-2-3-7-14(13)20-16/h2-3,6-9,12H,4-5,10-11H2,1H3,(H,19,20)/t12-/m1/s1. The number of benzene rings is 1. The molecule has 6 heteroatoms. The van der Waals surface area contributed by atoms with Crippen molar-refractivity contribution in [2.75, 3.05) is 13.1 Å². The maximum atomic E-state index is 12.7. The summed E-state index contributed by atoms with van der Waals surface area (Å²) in [4.78, 5) is 22.7. The number of carbonyl (C=O) groups excluding carboxylic acids is 1. The van der Waals surface area contributed by atoms with E-state index in [0.717, 1.165) is 36.2 Å². The third kappa shape index (κ3) is 2.50. The van der Waals surface area contributed by atoms with Crippen LogP contribution in [0, 0.1) is 0 Å². The van der Waals surface area contributed by atoms with E-state index >= 15 is 0 Å². The lowest BCUT2D eigenvalue weighted by molar-refractivity contribution is 0.0693. The Morgan fingerprint density at radius 2 is 2.17 bits per heavy atom. The molecule has 1 aliphatic rings.